The summed E-state index contributed by atoms with van der Waals surface area (Å²) in [5.41, 5.74) is 1.44. The van der Waals surface area contributed by atoms with Crippen LogP contribution in [0.4, 0.5) is 5.69 Å². The summed E-state index contributed by atoms with van der Waals surface area (Å²) in [6.07, 6.45) is 0.148. The summed E-state index contributed by atoms with van der Waals surface area (Å²) >= 11 is 0. The van der Waals surface area contributed by atoms with Crippen molar-refractivity contribution in [3.63, 3.8) is 0 Å². The molecule has 0 aliphatic carbocycles. The Labute approximate surface area is 139 Å². The highest BCUT2D eigenvalue weighted by molar-refractivity contribution is 6.04. The van der Waals surface area contributed by atoms with Crippen LogP contribution in [-0.2, 0) is 16.0 Å². The number of rotatable bonds is 5. The SMILES string of the molecule is O=C(O)C(Cc1cccc2ccccc12)C(=O)Nc1ccccc1. The van der Waals surface area contributed by atoms with Crippen LogP contribution in [0.5, 0.6) is 0 Å². The summed E-state index contributed by atoms with van der Waals surface area (Å²) < 4.78 is 0. The summed E-state index contributed by atoms with van der Waals surface area (Å²) in [7, 11) is 0. The van der Waals surface area contributed by atoms with Gasteiger partial charge in [-0.1, -0.05) is 60.7 Å². The van der Waals surface area contributed by atoms with Gasteiger partial charge in [0.2, 0.25) is 5.91 Å². The molecule has 1 amide bonds. The van der Waals surface area contributed by atoms with Gasteiger partial charge in [0.1, 0.15) is 5.92 Å². The molecule has 0 aromatic heterocycles. The molecule has 0 saturated carbocycles. The minimum absolute atomic E-state index is 0.148. The van der Waals surface area contributed by atoms with E-state index in [9.17, 15) is 14.7 Å². The molecule has 0 heterocycles. The number of aliphatic carboxylic acids is 1. The van der Waals surface area contributed by atoms with E-state index in [1.165, 1.54) is 0 Å². The van der Waals surface area contributed by atoms with Crippen molar-refractivity contribution < 1.29 is 14.7 Å². The molecule has 2 N–H and O–H groups in total. The lowest BCUT2D eigenvalue weighted by Crippen LogP contribution is -2.31. The molecule has 0 saturated heterocycles. The van der Waals surface area contributed by atoms with Crippen molar-refractivity contribution in [2.45, 2.75) is 6.42 Å². The van der Waals surface area contributed by atoms with Crippen LogP contribution in [0.25, 0.3) is 10.8 Å². The van der Waals surface area contributed by atoms with Crippen LogP contribution >= 0.6 is 0 Å². The molecule has 3 aromatic carbocycles. The number of nitrogens with one attached hydrogen (secondary N) is 1. The predicted molar refractivity (Wildman–Crippen MR) is 93.8 cm³/mol. The summed E-state index contributed by atoms with van der Waals surface area (Å²) in [6, 6.07) is 22.3. The molecule has 0 aliphatic rings. The molecule has 3 aromatic rings. The smallest absolute Gasteiger partial charge is 0.316 e. The Morgan fingerprint density at radius 1 is 0.875 bits per heavy atom. The lowest BCUT2D eigenvalue weighted by molar-refractivity contribution is -0.145. The summed E-state index contributed by atoms with van der Waals surface area (Å²) in [4.78, 5) is 24.0. The molecule has 0 fully saturated rings. The third kappa shape index (κ3) is 3.43. The van der Waals surface area contributed by atoms with Gasteiger partial charge < -0.3 is 10.4 Å². The molecule has 1 unspecified atom stereocenters. The number of fused-ring (bicyclic) bond motifs is 1. The van der Waals surface area contributed by atoms with Gasteiger partial charge >= 0.3 is 5.97 Å². The van der Waals surface area contributed by atoms with Crippen LogP contribution in [0.2, 0.25) is 0 Å². The van der Waals surface area contributed by atoms with Crippen LogP contribution in [0, 0.1) is 5.92 Å². The quantitative estimate of drug-likeness (QED) is 0.704. The number of carboxylic acids is 1. The van der Waals surface area contributed by atoms with E-state index in [0.29, 0.717) is 5.69 Å². The Morgan fingerprint density at radius 3 is 2.29 bits per heavy atom. The maximum Gasteiger partial charge on any atom is 0.316 e. The lowest BCUT2D eigenvalue weighted by Gasteiger charge is -2.14. The molecule has 1 atom stereocenters. The Morgan fingerprint density at radius 2 is 1.54 bits per heavy atom. The highest BCUT2D eigenvalue weighted by Crippen LogP contribution is 2.22. The van der Waals surface area contributed by atoms with Crippen LogP contribution in [-0.4, -0.2) is 17.0 Å². The predicted octanol–water partition coefficient (Wildman–Crippen LogP) is 3.72. The van der Waals surface area contributed by atoms with Crippen molar-refractivity contribution in [3.05, 3.63) is 78.4 Å². The topological polar surface area (TPSA) is 66.4 Å². The fourth-order valence-electron chi connectivity index (χ4n) is 2.73. The van der Waals surface area contributed by atoms with Crippen molar-refractivity contribution in [1.29, 1.82) is 0 Å². The van der Waals surface area contributed by atoms with Gasteiger partial charge in [-0.15, -0.1) is 0 Å². The molecule has 4 heteroatoms. The first-order valence-electron chi connectivity index (χ1n) is 7.70. The first-order chi connectivity index (χ1) is 11.6. The summed E-state index contributed by atoms with van der Waals surface area (Å²) in [5, 5.41) is 14.2. The number of anilines is 1. The number of amides is 1. The molecular formula is C20H17NO3. The van der Waals surface area contributed by atoms with Gasteiger partial charge in [0.25, 0.3) is 0 Å². The lowest BCUT2D eigenvalue weighted by atomic mass is 9.94. The summed E-state index contributed by atoms with van der Waals surface area (Å²) in [6.45, 7) is 0. The van der Waals surface area contributed by atoms with Gasteiger partial charge in [-0.05, 0) is 34.9 Å². The highest BCUT2D eigenvalue weighted by atomic mass is 16.4. The number of carbonyl (C=O) groups excluding carboxylic acids is 1. The zero-order valence-electron chi connectivity index (χ0n) is 13.0. The van der Waals surface area contributed by atoms with Crippen molar-refractivity contribution in [3.8, 4) is 0 Å². The van der Waals surface area contributed by atoms with Crippen LogP contribution < -0.4 is 5.32 Å². The van der Waals surface area contributed by atoms with E-state index in [0.717, 1.165) is 16.3 Å². The monoisotopic (exact) mass is 319 g/mol. The molecule has 120 valence electrons. The molecule has 0 bridgehead atoms. The Balaban J connectivity index is 1.86. The van der Waals surface area contributed by atoms with Crippen LogP contribution in [0.15, 0.2) is 72.8 Å². The van der Waals surface area contributed by atoms with Crippen LogP contribution in [0.1, 0.15) is 5.56 Å². The van der Waals surface area contributed by atoms with Gasteiger partial charge in [0.05, 0.1) is 0 Å². The van der Waals surface area contributed by atoms with E-state index in [4.69, 9.17) is 0 Å². The molecule has 0 radical (unpaired) electrons. The van der Waals surface area contributed by atoms with Crippen molar-refractivity contribution >= 4 is 28.3 Å². The van der Waals surface area contributed by atoms with Gasteiger partial charge in [0, 0.05) is 5.69 Å². The van der Waals surface area contributed by atoms with Gasteiger partial charge in [-0.2, -0.15) is 0 Å². The van der Waals surface area contributed by atoms with E-state index in [-0.39, 0.29) is 6.42 Å². The van der Waals surface area contributed by atoms with Crippen LogP contribution in [0.3, 0.4) is 0 Å². The largest absolute Gasteiger partial charge is 0.481 e. The fraction of sp³-hybridized carbons (Fsp3) is 0.100. The third-order valence-corrected chi connectivity index (χ3v) is 3.96. The van der Waals surface area contributed by atoms with E-state index in [1.807, 2.05) is 48.5 Å². The Hall–Kier alpha value is -3.14. The first kappa shape index (κ1) is 15.7. The number of carbonyl (C=O) groups is 2. The average Bonchev–Trinajstić information content (AvgIpc) is 2.60. The fourth-order valence-corrected chi connectivity index (χ4v) is 2.73. The second-order valence-corrected chi connectivity index (χ2v) is 5.59. The number of hydrogen-bond acceptors (Lipinski definition) is 2. The molecular weight excluding hydrogens is 302 g/mol. The van der Waals surface area contributed by atoms with E-state index < -0.39 is 17.8 Å². The maximum atomic E-state index is 12.4. The number of hydrogen-bond donors (Lipinski definition) is 2. The van der Waals surface area contributed by atoms with Gasteiger partial charge in [-0.3, -0.25) is 9.59 Å². The van der Waals surface area contributed by atoms with Gasteiger partial charge in [0.15, 0.2) is 0 Å². The van der Waals surface area contributed by atoms with E-state index >= 15 is 0 Å². The maximum absolute atomic E-state index is 12.4. The third-order valence-electron chi connectivity index (χ3n) is 3.96. The molecule has 24 heavy (non-hydrogen) atoms. The van der Waals surface area contributed by atoms with E-state index in [1.54, 1.807) is 24.3 Å². The average molecular weight is 319 g/mol. The zero-order chi connectivity index (χ0) is 16.9. The number of carboxylic acid groups (broad SMARTS) is 1. The minimum atomic E-state index is -1.14. The molecule has 0 spiro atoms. The second-order valence-electron chi connectivity index (χ2n) is 5.59. The second kappa shape index (κ2) is 6.96. The Kier molecular flexibility index (Phi) is 4.57. The zero-order valence-corrected chi connectivity index (χ0v) is 13.0. The first-order valence-corrected chi connectivity index (χ1v) is 7.70. The normalized spacial score (nSPS) is 11.8. The molecule has 3 rings (SSSR count). The Bertz CT molecular complexity index is 869. The van der Waals surface area contributed by atoms with Crippen molar-refractivity contribution in [2.75, 3.05) is 5.32 Å². The standard InChI is InChI=1S/C20H17NO3/c22-19(21-16-10-2-1-3-11-16)18(20(23)24)13-15-9-6-8-14-7-4-5-12-17(14)15/h1-12,18H,13H2,(H,21,22)(H,23,24). The molecule has 4 nitrogen and oxygen atoms in total. The van der Waals surface area contributed by atoms with E-state index in [2.05, 4.69) is 5.32 Å². The number of para-hydroxylation sites is 1. The van der Waals surface area contributed by atoms with Crippen molar-refractivity contribution in [1.82, 2.24) is 0 Å². The minimum Gasteiger partial charge on any atom is -0.481 e. The summed E-state index contributed by atoms with van der Waals surface area (Å²) in [5.74, 6) is -2.78. The molecule has 0 aliphatic heterocycles. The highest BCUT2D eigenvalue weighted by Gasteiger charge is 2.27. The number of benzene rings is 3. The van der Waals surface area contributed by atoms with Gasteiger partial charge in [-0.25, -0.2) is 0 Å². The van der Waals surface area contributed by atoms with Crippen molar-refractivity contribution in [2.24, 2.45) is 5.92 Å².